The molecule has 2 N–H and O–H groups in total. The summed E-state index contributed by atoms with van der Waals surface area (Å²) >= 11 is 0. The summed E-state index contributed by atoms with van der Waals surface area (Å²) in [5.74, 6) is -0.218. The molecule has 4 aromatic rings. The number of methoxy groups -OCH3 is 2. The second-order valence-electron chi connectivity index (χ2n) is 8.79. The van der Waals surface area contributed by atoms with Crippen LogP contribution in [0.25, 0.3) is 0 Å². The molecule has 0 aromatic heterocycles. The summed E-state index contributed by atoms with van der Waals surface area (Å²) in [6, 6.07) is 27.2. The van der Waals surface area contributed by atoms with E-state index < -0.39 is 22.4 Å². The Kier molecular flexibility index (Phi) is 7.74. The van der Waals surface area contributed by atoms with Crippen LogP contribution in [0, 0.1) is 10.1 Å². The lowest BCUT2D eigenvalue weighted by Crippen LogP contribution is -2.29. The van der Waals surface area contributed by atoms with Gasteiger partial charge in [0.1, 0.15) is 17.1 Å². The van der Waals surface area contributed by atoms with Crippen LogP contribution in [0.2, 0.25) is 0 Å². The highest BCUT2D eigenvalue weighted by molar-refractivity contribution is 5.69. The minimum atomic E-state index is -1.52. The van der Waals surface area contributed by atoms with Crippen LogP contribution >= 0.6 is 0 Å². The second-order valence-corrected chi connectivity index (χ2v) is 8.79. The largest absolute Gasteiger partial charge is 0.497 e. The van der Waals surface area contributed by atoms with E-state index in [0.29, 0.717) is 39.3 Å². The maximum Gasteiger partial charge on any atom is 0.304 e. The number of hydrogen-bond acceptors (Lipinski definition) is 6. The van der Waals surface area contributed by atoms with Gasteiger partial charge in [0.25, 0.3) is 5.69 Å². The van der Waals surface area contributed by atoms with E-state index in [4.69, 9.17) is 9.47 Å². The summed E-state index contributed by atoms with van der Waals surface area (Å²) in [6.45, 7) is 0. The first-order valence-corrected chi connectivity index (χ1v) is 11.8. The van der Waals surface area contributed by atoms with E-state index in [-0.39, 0.29) is 12.1 Å². The molecule has 0 aliphatic rings. The van der Waals surface area contributed by atoms with Gasteiger partial charge in [-0.3, -0.25) is 14.9 Å². The Morgan fingerprint density at radius 3 is 1.47 bits per heavy atom. The van der Waals surface area contributed by atoms with Crippen molar-refractivity contribution in [1.29, 1.82) is 0 Å². The molecule has 4 aromatic carbocycles. The first-order chi connectivity index (χ1) is 18.3. The number of benzene rings is 4. The Morgan fingerprint density at radius 2 is 1.13 bits per heavy atom. The molecule has 0 spiro atoms. The number of aliphatic carboxylic acids is 1. The number of hydrogen-bond donors (Lipinski definition) is 2. The van der Waals surface area contributed by atoms with Crippen molar-refractivity contribution < 1.29 is 29.4 Å². The molecule has 1 atom stereocenters. The van der Waals surface area contributed by atoms with E-state index in [1.165, 1.54) is 12.1 Å². The van der Waals surface area contributed by atoms with Crippen molar-refractivity contribution in [3.05, 3.63) is 135 Å². The predicted molar refractivity (Wildman–Crippen MR) is 142 cm³/mol. The lowest BCUT2D eigenvalue weighted by atomic mass is 9.79. The summed E-state index contributed by atoms with van der Waals surface area (Å²) < 4.78 is 10.6. The van der Waals surface area contributed by atoms with E-state index >= 15 is 0 Å². The molecule has 194 valence electrons. The lowest BCUT2D eigenvalue weighted by Gasteiger charge is -2.31. The number of nitrogens with zero attached hydrogens (tertiary/aromatic N) is 1. The van der Waals surface area contributed by atoms with Crippen molar-refractivity contribution in [1.82, 2.24) is 0 Å². The molecule has 0 fully saturated rings. The molecule has 0 heterocycles. The van der Waals surface area contributed by atoms with Gasteiger partial charge in [-0.05, 0) is 52.1 Å². The van der Waals surface area contributed by atoms with Gasteiger partial charge < -0.3 is 19.7 Å². The zero-order valence-corrected chi connectivity index (χ0v) is 20.9. The highest BCUT2D eigenvalue weighted by Gasteiger charge is 2.34. The number of ether oxygens (including phenoxy) is 2. The molecule has 1 unspecified atom stereocenters. The molecule has 0 saturated heterocycles. The minimum Gasteiger partial charge on any atom is -0.497 e. The highest BCUT2D eigenvalue weighted by atomic mass is 16.6. The molecule has 0 aliphatic carbocycles. The Balaban J connectivity index is 1.77. The van der Waals surface area contributed by atoms with Crippen LogP contribution in [0.4, 0.5) is 5.69 Å². The maximum atomic E-state index is 12.2. The van der Waals surface area contributed by atoms with Crippen molar-refractivity contribution in [2.75, 3.05) is 14.2 Å². The van der Waals surface area contributed by atoms with Gasteiger partial charge in [0.2, 0.25) is 0 Å². The number of non-ortho nitro benzene ring substituents is 1. The van der Waals surface area contributed by atoms with Gasteiger partial charge >= 0.3 is 5.97 Å². The van der Waals surface area contributed by atoms with Gasteiger partial charge in [0.05, 0.1) is 25.6 Å². The van der Waals surface area contributed by atoms with Gasteiger partial charge in [-0.2, -0.15) is 0 Å². The Hall–Kier alpha value is -4.69. The molecule has 0 bridgehead atoms. The van der Waals surface area contributed by atoms with Crippen LogP contribution in [-0.4, -0.2) is 35.3 Å². The third kappa shape index (κ3) is 5.35. The van der Waals surface area contributed by atoms with Crippen LogP contribution in [-0.2, 0) is 10.4 Å². The third-order valence-electron chi connectivity index (χ3n) is 6.63. The maximum absolute atomic E-state index is 12.2. The van der Waals surface area contributed by atoms with Crippen molar-refractivity contribution in [3.8, 4) is 11.5 Å². The average Bonchev–Trinajstić information content (AvgIpc) is 2.95. The fraction of sp³-hybridized carbons (Fsp3) is 0.167. The van der Waals surface area contributed by atoms with Gasteiger partial charge in [-0.1, -0.05) is 60.7 Å². The average molecular weight is 514 g/mol. The number of rotatable bonds is 10. The van der Waals surface area contributed by atoms with Crippen molar-refractivity contribution in [3.63, 3.8) is 0 Å². The lowest BCUT2D eigenvalue weighted by molar-refractivity contribution is -0.384. The standard InChI is InChI=1S/C30H27NO7/c1-37-26-15-9-23(10-16-26)30(34,24-11-17-27(38-2)18-12-24)22-7-3-20(4-8-22)28(19-29(32)33)21-5-13-25(14-6-21)31(35)36/h3-18,28,34H,19H2,1-2H3,(H,32,33). The normalized spacial score (nSPS) is 12.0. The molecule has 38 heavy (non-hydrogen) atoms. The van der Waals surface area contributed by atoms with E-state index in [2.05, 4.69) is 0 Å². The van der Waals surface area contributed by atoms with E-state index in [1.54, 1.807) is 99.1 Å². The van der Waals surface area contributed by atoms with Crippen molar-refractivity contribution >= 4 is 11.7 Å². The fourth-order valence-corrected chi connectivity index (χ4v) is 4.55. The predicted octanol–water partition coefficient (Wildman–Crippen LogP) is 5.50. The SMILES string of the molecule is COc1ccc(C(O)(c2ccc(OC)cc2)c2ccc(C(CC(=O)O)c3ccc([N+](=O)[O-])cc3)cc2)cc1. The van der Waals surface area contributed by atoms with E-state index in [9.17, 15) is 25.1 Å². The minimum absolute atomic E-state index is 0.0674. The molecule has 8 nitrogen and oxygen atoms in total. The monoisotopic (exact) mass is 513 g/mol. The van der Waals surface area contributed by atoms with Crippen molar-refractivity contribution in [2.24, 2.45) is 0 Å². The van der Waals surface area contributed by atoms with Crippen molar-refractivity contribution in [2.45, 2.75) is 17.9 Å². The zero-order valence-electron chi connectivity index (χ0n) is 20.9. The van der Waals surface area contributed by atoms with E-state index in [1.807, 2.05) is 0 Å². The van der Waals surface area contributed by atoms with Gasteiger partial charge in [-0.15, -0.1) is 0 Å². The first kappa shape index (κ1) is 26.4. The number of carboxylic acid groups (broad SMARTS) is 1. The number of nitro groups is 1. The molecule has 0 radical (unpaired) electrons. The molecule has 4 rings (SSSR count). The second kappa shape index (κ2) is 11.1. The van der Waals surface area contributed by atoms with Gasteiger partial charge in [-0.25, -0.2) is 0 Å². The highest BCUT2D eigenvalue weighted by Crippen LogP contribution is 2.39. The number of carbonyl (C=O) groups is 1. The number of nitro benzene ring substituents is 1. The molecule has 0 amide bonds. The Bertz CT molecular complexity index is 1350. The number of aliphatic hydroxyl groups is 1. The van der Waals surface area contributed by atoms with E-state index in [0.717, 1.165) is 0 Å². The van der Waals surface area contributed by atoms with Crippen LogP contribution < -0.4 is 9.47 Å². The van der Waals surface area contributed by atoms with Crippen LogP contribution in [0.3, 0.4) is 0 Å². The molecular formula is C30H27NO7. The van der Waals surface area contributed by atoms with Crippen LogP contribution in [0.1, 0.15) is 40.2 Å². The first-order valence-electron chi connectivity index (χ1n) is 11.8. The van der Waals surface area contributed by atoms with Gasteiger partial charge in [0, 0.05) is 18.1 Å². The smallest absolute Gasteiger partial charge is 0.304 e. The Labute approximate surface area is 219 Å². The summed E-state index contributed by atoms with van der Waals surface area (Å²) in [5, 5.41) is 32.8. The zero-order chi connectivity index (χ0) is 27.3. The molecule has 0 saturated carbocycles. The van der Waals surface area contributed by atoms with Gasteiger partial charge in [0.15, 0.2) is 0 Å². The number of carboxylic acids is 1. The topological polar surface area (TPSA) is 119 Å². The molecule has 8 heteroatoms. The molecular weight excluding hydrogens is 486 g/mol. The summed E-state index contributed by atoms with van der Waals surface area (Å²) in [7, 11) is 3.14. The summed E-state index contributed by atoms with van der Waals surface area (Å²) in [6.07, 6.45) is -0.196. The van der Waals surface area contributed by atoms with Crippen LogP contribution in [0.5, 0.6) is 11.5 Å². The summed E-state index contributed by atoms with van der Waals surface area (Å²) in [5.41, 5.74) is 1.58. The van der Waals surface area contributed by atoms with Crippen LogP contribution in [0.15, 0.2) is 97.1 Å². The summed E-state index contributed by atoms with van der Waals surface area (Å²) in [4.78, 5) is 22.2. The Morgan fingerprint density at radius 1 is 0.763 bits per heavy atom. The fourth-order valence-electron chi connectivity index (χ4n) is 4.55. The quantitative estimate of drug-likeness (QED) is 0.163. The third-order valence-corrected chi connectivity index (χ3v) is 6.63. The molecule has 0 aliphatic heterocycles.